The van der Waals surface area contributed by atoms with E-state index in [4.69, 9.17) is 0 Å². The molecule has 3 saturated heterocycles. The van der Waals surface area contributed by atoms with Crippen molar-refractivity contribution in [3.63, 3.8) is 0 Å². The van der Waals surface area contributed by atoms with E-state index in [2.05, 4.69) is 20.1 Å². The van der Waals surface area contributed by atoms with E-state index < -0.39 is 9.84 Å². The van der Waals surface area contributed by atoms with Crippen LogP contribution in [0, 0.1) is 0 Å². The number of nitrogens with one attached hydrogen (secondary N) is 1. The smallest absolute Gasteiger partial charge is 0.317 e. The molecule has 0 aliphatic carbocycles. The lowest BCUT2D eigenvalue weighted by Crippen LogP contribution is -2.66. The molecule has 0 radical (unpaired) electrons. The molecule has 142 valence electrons. The van der Waals surface area contributed by atoms with E-state index in [-0.39, 0.29) is 23.6 Å². The van der Waals surface area contributed by atoms with Gasteiger partial charge in [0, 0.05) is 57.5 Å². The third-order valence-electron chi connectivity index (χ3n) is 5.51. The van der Waals surface area contributed by atoms with E-state index in [1.807, 2.05) is 24.4 Å². The molecule has 1 unspecified atom stereocenters. The summed E-state index contributed by atoms with van der Waals surface area (Å²) in [7, 11) is -2.96. The van der Waals surface area contributed by atoms with Crippen LogP contribution in [0.3, 0.4) is 0 Å². The summed E-state index contributed by atoms with van der Waals surface area (Å²) in [4.78, 5) is 23.2. The van der Waals surface area contributed by atoms with Crippen molar-refractivity contribution in [3.05, 3.63) is 24.4 Å². The highest BCUT2D eigenvalue weighted by atomic mass is 32.2. The van der Waals surface area contributed by atoms with Gasteiger partial charge >= 0.3 is 6.03 Å². The predicted octanol–water partition coefficient (Wildman–Crippen LogP) is -0.215. The van der Waals surface area contributed by atoms with Gasteiger partial charge in [0.1, 0.15) is 5.82 Å². The molecule has 1 atom stereocenters. The molecule has 0 spiro atoms. The number of sulfone groups is 1. The van der Waals surface area contributed by atoms with Crippen LogP contribution in [0.4, 0.5) is 10.6 Å². The Balaban J connectivity index is 1.20. The Kier molecular flexibility index (Phi) is 4.74. The standard InChI is InChI=1S/C17H25N5O3S/c23-17(19-14-4-10-26(24,25)13-14)22-11-15(12-22)20-6-8-21(9-7-20)16-3-1-2-5-18-16/h1-3,5,14-15H,4,6-13H2,(H,19,23). The summed E-state index contributed by atoms with van der Waals surface area (Å²) in [5.41, 5.74) is 0. The highest BCUT2D eigenvalue weighted by molar-refractivity contribution is 7.91. The second-order valence-corrected chi connectivity index (χ2v) is 9.55. The molecule has 1 aromatic heterocycles. The van der Waals surface area contributed by atoms with Crippen molar-refractivity contribution in [3.8, 4) is 0 Å². The van der Waals surface area contributed by atoms with Crippen LogP contribution in [-0.2, 0) is 9.84 Å². The molecule has 0 bridgehead atoms. The number of hydrogen-bond donors (Lipinski definition) is 1. The zero-order chi connectivity index (χ0) is 18.1. The van der Waals surface area contributed by atoms with E-state index in [0.29, 0.717) is 12.5 Å². The number of nitrogens with zero attached hydrogens (tertiary/aromatic N) is 4. The maximum Gasteiger partial charge on any atom is 0.317 e. The third kappa shape index (κ3) is 3.78. The van der Waals surface area contributed by atoms with Crippen molar-refractivity contribution in [2.24, 2.45) is 0 Å². The van der Waals surface area contributed by atoms with Gasteiger partial charge in [0.25, 0.3) is 0 Å². The Morgan fingerprint density at radius 3 is 2.54 bits per heavy atom. The number of piperazine rings is 1. The van der Waals surface area contributed by atoms with Crippen LogP contribution >= 0.6 is 0 Å². The molecule has 1 aromatic rings. The van der Waals surface area contributed by atoms with Crippen LogP contribution in [0.2, 0.25) is 0 Å². The van der Waals surface area contributed by atoms with Crippen LogP contribution in [0.15, 0.2) is 24.4 Å². The van der Waals surface area contributed by atoms with Gasteiger partial charge in [-0.1, -0.05) is 6.07 Å². The molecule has 0 saturated carbocycles. The molecule has 9 heteroatoms. The van der Waals surface area contributed by atoms with Gasteiger partial charge in [-0.25, -0.2) is 18.2 Å². The number of aromatic nitrogens is 1. The first-order chi connectivity index (χ1) is 12.5. The van der Waals surface area contributed by atoms with Crippen LogP contribution in [0.1, 0.15) is 6.42 Å². The number of carbonyl (C=O) groups excluding carboxylic acids is 1. The predicted molar refractivity (Wildman–Crippen MR) is 99.0 cm³/mol. The molecule has 26 heavy (non-hydrogen) atoms. The van der Waals surface area contributed by atoms with Crippen molar-refractivity contribution in [2.75, 3.05) is 55.7 Å². The third-order valence-corrected chi connectivity index (χ3v) is 7.28. The molecule has 2 amide bonds. The zero-order valence-electron chi connectivity index (χ0n) is 14.7. The van der Waals surface area contributed by atoms with Crippen LogP contribution in [-0.4, -0.2) is 92.1 Å². The fourth-order valence-corrected chi connectivity index (χ4v) is 5.56. The number of rotatable bonds is 3. The first-order valence-electron chi connectivity index (χ1n) is 9.16. The van der Waals surface area contributed by atoms with Crippen molar-refractivity contribution in [1.29, 1.82) is 0 Å². The van der Waals surface area contributed by atoms with Gasteiger partial charge in [-0.15, -0.1) is 0 Å². The van der Waals surface area contributed by atoms with Gasteiger partial charge in [-0.2, -0.15) is 0 Å². The Bertz CT molecular complexity index is 743. The SMILES string of the molecule is O=C(NC1CCS(=O)(=O)C1)N1CC(N2CCN(c3ccccn3)CC2)C1. The van der Waals surface area contributed by atoms with Crippen molar-refractivity contribution in [2.45, 2.75) is 18.5 Å². The number of urea groups is 1. The molecule has 3 aliphatic rings. The molecule has 4 heterocycles. The molecule has 0 aromatic carbocycles. The molecule has 1 N–H and O–H groups in total. The Hall–Kier alpha value is -1.87. The largest absolute Gasteiger partial charge is 0.354 e. The normalized spacial score (nSPS) is 26.5. The van der Waals surface area contributed by atoms with Gasteiger partial charge in [-0.05, 0) is 18.6 Å². The molecular weight excluding hydrogens is 354 g/mol. The highest BCUT2D eigenvalue weighted by Gasteiger charge is 2.38. The minimum Gasteiger partial charge on any atom is -0.354 e. The zero-order valence-corrected chi connectivity index (χ0v) is 15.6. The number of amides is 2. The number of anilines is 1. The summed E-state index contributed by atoms with van der Waals surface area (Å²) in [5.74, 6) is 1.28. The number of likely N-dealkylation sites (tertiary alicyclic amines) is 1. The minimum atomic E-state index is -2.96. The summed E-state index contributed by atoms with van der Waals surface area (Å²) >= 11 is 0. The van der Waals surface area contributed by atoms with Crippen LogP contribution in [0.25, 0.3) is 0 Å². The lowest BCUT2D eigenvalue weighted by Gasteiger charge is -2.48. The average Bonchev–Trinajstić information content (AvgIpc) is 2.93. The molecule has 3 fully saturated rings. The minimum absolute atomic E-state index is 0.0749. The maximum atomic E-state index is 12.2. The topological polar surface area (TPSA) is 85.8 Å². The second-order valence-electron chi connectivity index (χ2n) is 7.32. The molecule has 3 aliphatic heterocycles. The van der Waals surface area contributed by atoms with Crippen LogP contribution in [0.5, 0.6) is 0 Å². The van der Waals surface area contributed by atoms with Gasteiger partial charge in [0.05, 0.1) is 11.5 Å². The average molecular weight is 379 g/mol. The quantitative estimate of drug-likeness (QED) is 0.782. The van der Waals surface area contributed by atoms with Crippen molar-refractivity contribution >= 4 is 21.7 Å². The fraction of sp³-hybridized carbons (Fsp3) is 0.647. The Labute approximate surface area is 154 Å². The Morgan fingerprint density at radius 1 is 1.15 bits per heavy atom. The highest BCUT2D eigenvalue weighted by Crippen LogP contribution is 2.20. The van der Waals surface area contributed by atoms with Crippen LogP contribution < -0.4 is 10.2 Å². The van der Waals surface area contributed by atoms with Gasteiger partial charge in [0.2, 0.25) is 0 Å². The van der Waals surface area contributed by atoms with Gasteiger partial charge in [-0.3, -0.25) is 4.90 Å². The summed E-state index contributed by atoms with van der Waals surface area (Å²) in [6.07, 6.45) is 2.35. The number of pyridine rings is 1. The van der Waals surface area contributed by atoms with Gasteiger partial charge < -0.3 is 15.1 Å². The summed E-state index contributed by atoms with van der Waals surface area (Å²) in [6, 6.07) is 6.01. The van der Waals surface area contributed by atoms with Crippen molar-refractivity contribution in [1.82, 2.24) is 20.1 Å². The Morgan fingerprint density at radius 2 is 1.92 bits per heavy atom. The van der Waals surface area contributed by atoms with E-state index in [0.717, 1.165) is 45.1 Å². The summed E-state index contributed by atoms with van der Waals surface area (Å²) < 4.78 is 23.0. The van der Waals surface area contributed by atoms with E-state index in [9.17, 15) is 13.2 Å². The van der Waals surface area contributed by atoms with E-state index >= 15 is 0 Å². The van der Waals surface area contributed by atoms with E-state index in [1.54, 1.807) is 4.90 Å². The summed E-state index contributed by atoms with van der Waals surface area (Å²) in [5, 5.41) is 2.86. The van der Waals surface area contributed by atoms with Gasteiger partial charge in [0.15, 0.2) is 9.84 Å². The maximum absolute atomic E-state index is 12.2. The molecule has 8 nitrogen and oxygen atoms in total. The monoisotopic (exact) mass is 379 g/mol. The first-order valence-corrected chi connectivity index (χ1v) is 11.0. The van der Waals surface area contributed by atoms with E-state index in [1.165, 1.54) is 0 Å². The second kappa shape index (κ2) is 7.03. The van der Waals surface area contributed by atoms with Crippen molar-refractivity contribution < 1.29 is 13.2 Å². The summed E-state index contributed by atoms with van der Waals surface area (Å²) in [6.45, 7) is 5.26. The molecule has 4 rings (SSSR count). The lowest BCUT2D eigenvalue weighted by atomic mass is 10.1. The lowest BCUT2D eigenvalue weighted by molar-refractivity contribution is 0.0523. The number of carbonyl (C=O) groups is 1. The molecular formula is C17H25N5O3S. The first kappa shape index (κ1) is 17.5. The number of hydrogen-bond acceptors (Lipinski definition) is 6. The fourth-order valence-electron chi connectivity index (χ4n) is 3.88.